The topological polar surface area (TPSA) is 41.1 Å². The van der Waals surface area contributed by atoms with Gasteiger partial charge in [0.15, 0.2) is 0 Å². The lowest BCUT2D eigenvalue weighted by Crippen LogP contribution is -2.37. The molecular formula is C15H28N2O. The fourth-order valence-corrected chi connectivity index (χ4v) is 3.28. The van der Waals surface area contributed by atoms with Crippen molar-refractivity contribution < 1.29 is 4.79 Å². The van der Waals surface area contributed by atoms with Gasteiger partial charge in [0.25, 0.3) is 0 Å². The molecule has 0 bridgehead atoms. The highest BCUT2D eigenvalue weighted by molar-refractivity contribution is 5.75. The summed E-state index contributed by atoms with van der Waals surface area (Å²) in [5.74, 6) is 1.09. The molecule has 1 unspecified atom stereocenters. The molecular weight excluding hydrogens is 224 g/mol. The number of piperidine rings is 1. The predicted molar refractivity (Wildman–Crippen MR) is 74.5 cm³/mol. The zero-order valence-electron chi connectivity index (χ0n) is 11.5. The summed E-state index contributed by atoms with van der Waals surface area (Å²) in [5.41, 5.74) is 0. The van der Waals surface area contributed by atoms with E-state index in [0.717, 1.165) is 38.3 Å². The standard InChI is InChI=1S/C15H28N2O/c18-15(9-8-13-5-1-2-6-13)17-12-10-14-7-3-4-11-16-14/h13-14,16H,1-12H2,(H,17,18). The number of carbonyl (C=O) groups is 1. The Morgan fingerprint density at radius 3 is 2.56 bits per heavy atom. The first kappa shape index (κ1) is 13.9. The van der Waals surface area contributed by atoms with Crippen LogP contribution in [0.4, 0.5) is 0 Å². The van der Waals surface area contributed by atoms with Gasteiger partial charge in [0.2, 0.25) is 5.91 Å². The van der Waals surface area contributed by atoms with Gasteiger partial charge in [0.05, 0.1) is 0 Å². The Morgan fingerprint density at radius 1 is 1.06 bits per heavy atom. The first-order valence-electron chi connectivity index (χ1n) is 7.84. The van der Waals surface area contributed by atoms with E-state index in [9.17, 15) is 4.79 Å². The summed E-state index contributed by atoms with van der Waals surface area (Å²) in [6.45, 7) is 2.00. The van der Waals surface area contributed by atoms with Crippen LogP contribution in [-0.2, 0) is 4.79 Å². The molecule has 2 fully saturated rings. The molecule has 1 heterocycles. The Balaban J connectivity index is 1.48. The third kappa shape index (κ3) is 4.97. The largest absolute Gasteiger partial charge is 0.356 e. The first-order chi connectivity index (χ1) is 8.84. The van der Waals surface area contributed by atoms with Crippen molar-refractivity contribution in [1.82, 2.24) is 10.6 Å². The molecule has 1 aliphatic heterocycles. The van der Waals surface area contributed by atoms with Crippen molar-refractivity contribution in [2.75, 3.05) is 13.1 Å². The zero-order chi connectivity index (χ0) is 12.6. The van der Waals surface area contributed by atoms with Crippen LogP contribution in [0, 0.1) is 5.92 Å². The Hall–Kier alpha value is -0.570. The maximum absolute atomic E-state index is 11.7. The number of nitrogens with one attached hydrogen (secondary N) is 2. The summed E-state index contributed by atoms with van der Waals surface area (Å²) in [7, 11) is 0. The minimum Gasteiger partial charge on any atom is -0.356 e. The third-order valence-corrected chi connectivity index (χ3v) is 4.48. The molecule has 2 N–H and O–H groups in total. The Bertz CT molecular complexity index is 243. The van der Waals surface area contributed by atoms with Crippen LogP contribution < -0.4 is 10.6 Å². The molecule has 1 saturated carbocycles. The van der Waals surface area contributed by atoms with E-state index in [1.54, 1.807) is 0 Å². The summed E-state index contributed by atoms with van der Waals surface area (Å²) >= 11 is 0. The normalized spacial score (nSPS) is 25.2. The summed E-state index contributed by atoms with van der Waals surface area (Å²) in [5, 5.41) is 6.59. The monoisotopic (exact) mass is 252 g/mol. The quantitative estimate of drug-likeness (QED) is 0.763. The van der Waals surface area contributed by atoms with Crippen LogP contribution in [0.2, 0.25) is 0 Å². The molecule has 3 heteroatoms. The maximum atomic E-state index is 11.7. The van der Waals surface area contributed by atoms with Gasteiger partial charge in [-0.25, -0.2) is 0 Å². The number of hydrogen-bond donors (Lipinski definition) is 2. The number of hydrogen-bond acceptors (Lipinski definition) is 2. The van der Waals surface area contributed by atoms with Crippen molar-refractivity contribution in [3.05, 3.63) is 0 Å². The summed E-state index contributed by atoms with van der Waals surface area (Å²) < 4.78 is 0. The van der Waals surface area contributed by atoms with Crippen molar-refractivity contribution in [2.24, 2.45) is 5.92 Å². The molecule has 18 heavy (non-hydrogen) atoms. The average molecular weight is 252 g/mol. The van der Waals surface area contributed by atoms with E-state index in [4.69, 9.17) is 0 Å². The zero-order valence-corrected chi connectivity index (χ0v) is 11.5. The van der Waals surface area contributed by atoms with E-state index >= 15 is 0 Å². The van der Waals surface area contributed by atoms with Crippen LogP contribution in [0.15, 0.2) is 0 Å². The Kier molecular flexibility index (Phi) is 5.98. The van der Waals surface area contributed by atoms with Gasteiger partial charge >= 0.3 is 0 Å². The molecule has 1 amide bonds. The molecule has 1 saturated heterocycles. The molecule has 0 aromatic rings. The van der Waals surface area contributed by atoms with Crippen molar-refractivity contribution >= 4 is 5.91 Å². The van der Waals surface area contributed by atoms with Crippen LogP contribution in [-0.4, -0.2) is 25.0 Å². The molecule has 2 rings (SSSR count). The molecule has 3 nitrogen and oxygen atoms in total. The second-order valence-corrected chi connectivity index (χ2v) is 5.97. The molecule has 0 spiro atoms. The predicted octanol–water partition coefficient (Wildman–Crippen LogP) is 2.61. The van der Waals surface area contributed by atoms with Gasteiger partial charge in [-0.15, -0.1) is 0 Å². The molecule has 1 atom stereocenters. The second-order valence-electron chi connectivity index (χ2n) is 5.97. The second kappa shape index (κ2) is 7.78. The summed E-state index contributed by atoms with van der Waals surface area (Å²) in [6.07, 6.45) is 12.3. The highest BCUT2D eigenvalue weighted by atomic mass is 16.1. The Labute approximate surface area is 111 Å². The highest BCUT2D eigenvalue weighted by Crippen LogP contribution is 2.28. The molecule has 0 aromatic heterocycles. The van der Waals surface area contributed by atoms with E-state index < -0.39 is 0 Å². The minimum atomic E-state index is 0.262. The van der Waals surface area contributed by atoms with Crippen LogP contribution in [0.3, 0.4) is 0 Å². The summed E-state index contributed by atoms with van der Waals surface area (Å²) in [4.78, 5) is 11.7. The molecule has 0 aromatic carbocycles. The first-order valence-corrected chi connectivity index (χ1v) is 7.84. The Morgan fingerprint density at radius 2 is 1.83 bits per heavy atom. The third-order valence-electron chi connectivity index (χ3n) is 4.48. The summed E-state index contributed by atoms with van der Waals surface area (Å²) in [6, 6.07) is 0.633. The lowest BCUT2D eigenvalue weighted by Gasteiger charge is -2.23. The van der Waals surface area contributed by atoms with Crippen LogP contribution >= 0.6 is 0 Å². The van der Waals surface area contributed by atoms with Crippen LogP contribution in [0.1, 0.15) is 64.2 Å². The number of carbonyl (C=O) groups excluding carboxylic acids is 1. The van der Waals surface area contributed by atoms with Gasteiger partial charge in [-0.2, -0.15) is 0 Å². The van der Waals surface area contributed by atoms with Crippen LogP contribution in [0.5, 0.6) is 0 Å². The number of rotatable bonds is 6. The molecule has 1 aliphatic carbocycles. The van der Waals surface area contributed by atoms with Crippen molar-refractivity contribution in [2.45, 2.75) is 70.3 Å². The number of amides is 1. The van der Waals surface area contributed by atoms with E-state index in [0.29, 0.717) is 6.04 Å². The van der Waals surface area contributed by atoms with Crippen LogP contribution in [0.25, 0.3) is 0 Å². The van der Waals surface area contributed by atoms with Gasteiger partial charge in [-0.1, -0.05) is 32.1 Å². The van der Waals surface area contributed by atoms with E-state index in [2.05, 4.69) is 10.6 Å². The van der Waals surface area contributed by atoms with Crippen molar-refractivity contribution in [1.29, 1.82) is 0 Å². The SMILES string of the molecule is O=C(CCC1CCCC1)NCCC1CCCCN1. The van der Waals surface area contributed by atoms with Crippen molar-refractivity contribution in [3.63, 3.8) is 0 Å². The van der Waals surface area contributed by atoms with Gasteiger partial charge < -0.3 is 10.6 Å². The van der Waals surface area contributed by atoms with E-state index in [1.807, 2.05) is 0 Å². The van der Waals surface area contributed by atoms with Gasteiger partial charge in [-0.05, 0) is 38.1 Å². The smallest absolute Gasteiger partial charge is 0.220 e. The van der Waals surface area contributed by atoms with Gasteiger partial charge in [0.1, 0.15) is 0 Å². The molecule has 0 radical (unpaired) electrons. The fraction of sp³-hybridized carbons (Fsp3) is 0.933. The molecule has 104 valence electrons. The van der Waals surface area contributed by atoms with Gasteiger partial charge in [0, 0.05) is 19.0 Å². The van der Waals surface area contributed by atoms with E-state index in [1.165, 1.54) is 44.9 Å². The fourth-order valence-electron chi connectivity index (χ4n) is 3.28. The lowest BCUT2D eigenvalue weighted by atomic mass is 10.0. The lowest BCUT2D eigenvalue weighted by molar-refractivity contribution is -0.121. The van der Waals surface area contributed by atoms with Crippen molar-refractivity contribution in [3.8, 4) is 0 Å². The minimum absolute atomic E-state index is 0.262. The van der Waals surface area contributed by atoms with E-state index in [-0.39, 0.29) is 5.91 Å². The average Bonchev–Trinajstić information content (AvgIpc) is 2.91. The highest BCUT2D eigenvalue weighted by Gasteiger charge is 2.16. The van der Waals surface area contributed by atoms with Gasteiger partial charge in [-0.3, -0.25) is 4.79 Å². The maximum Gasteiger partial charge on any atom is 0.220 e. The molecule has 2 aliphatic rings.